The van der Waals surface area contributed by atoms with Crippen molar-refractivity contribution in [2.75, 3.05) is 30.4 Å². The van der Waals surface area contributed by atoms with E-state index in [4.69, 9.17) is 5.11 Å². The molecular formula is C17H21N3O4. The van der Waals surface area contributed by atoms with Crippen molar-refractivity contribution in [1.82, 2.24) is 4.90 Å². The highest BCUT2D eigenvalue weighted by Gasteiger charge is 2.30. The number of hydrogen-bond donors (Lipinski definition) is 2. The minimum absolute atomic E-state index is 0.112. The Morgan fingerprint density at radius 2 is 2.08 bits per heavy atom. The number of likely N-dealkylation sites (N-methyl/N-ethyl adjacent to an activating group) is 1. The number of likely N-dealkylation sites (tertiary alicyclic amines) is 1. The Morgan fingerprint density at radius 1 is 1.33 bits per heavy atom. The van der Waals surface area contributed by atoms with E-state index in [1.807, 2.05) is 24.9 Å². The van der Waals surface area contributed by atoms with Gasteiger partial charge in [0.1, 0.15) is 6.04 Å². The lowest BCUT2D eigenvalue weighted by molar-refractivity contribution is -0.143. The van der Waals surface area contributed by atoms with E-state index in [1.165, 1.54) is 0 Å². The van der Waals surface area contributed by atoms with Gasteiger partial charge in [0.15, 0.2) is 0 Å². The van der Waals surface area contributed by atoms with Crippen molar-refractivity contribution in [3.63, 3.8) is 0 Å². The molecule has 0 radical (unpaired) electrons. The van der Waals surface area contributed by atoms with Crippen LogP contribution in [0.1, 0.15) is 30.1 Å². The number of amides is 2. The first-order chi connectivity index (χ1) is 11.4. The summed E-state index contributed by atoms with van der Waals surface area (Å²) in [5.41, 5.74) is 1.93. The minimum Gasteiger partial charge on any atom is -0.481 e. The summed E-state index contributed by atoms with van der Waals surface area (Å²) in [5.74, 6) is -1.68. The number of benzene rings is 1. The number of piperidine rings is 1. The summed E-state index contributed by atoms with van der Waals surface area (Å²) >= 11 is 0. The summed E-state index contributed by atoms with van der Waals surface area (Å²) in [6, 6.07) is 4.95. The third-order valence-electron chi connectivity index (χ3n) is 4.90. The molecule has 128 valence electrons. The molecule has 1 saturated heterocycles. The number of anilines is 2. The van der Waals surface area contributed by atoms with Gasteiger partial charge in [-0.2, -0.15) is 0 Å². The molecule has 0 aliphatic carbocycles. The predicted octanol–water partition coefficient (Wildman–Crippen LogP) is 1.40. The number of nitrogens with one attached hydrogen (secondary N) is 1. The van der Waals surface area contributed by atoms with Gasteiger partial charge in [0.05, 0.1) is 17.3 Å². The van der Waals surface area contributed by atoms with Crippen LogP contribution in [0.25, 0.3) is 0 Å². The number of rotatable bonds is 2. The van der Waals surface area contributed by atoms with E-state index in [9.17, 15) is 14.4 Å². The molecule has 7 nitrogen and oxygen atoms in total. The molecule has 2 aliphatic rings. The van der Waals surface area contributed by atoms with Crippen LogP contribution in [-0.4, -0.2) is 54.0 Å². The number of aliphatic carboxylic acids is 1. The van der Waals surface area contributed by atoms with Crippen LogP contribution in [-0.2, 0) is 9.59 Å². The largest absolute Gasteiger partial charge is 0.481 e. The van der Waals surface area contributed by atoms with Crippen LogP contribution in [0.3, 0.4) is 0 Å². The smallest absolute Gasteiger partial charge is 0.308 e. The second-order valence-corrected chi connectivity index (χ2v) is 6.44. The normalized spacial score (nSPS) is 23.5. The molecule has 2 unspecified atom stereocenters. The maximum Gasteiger partial charge on any atom is 0.308 e. The topological polar surface area (TPSA) is 90.0 Å². The Labute approximate surface area is 140 Å². The molecule has 3 rings (SSSR count). The second kappa shape index (κ2) is 6.14. The zero-order chi connectivity index (χ0) is 17.4. The quantitative estimate of drug-likeness (QED) is 0.855. The van der Waals surface area contributed by atoms with E-state index in [0.717, 1.165) is 5.69 Å². The second-order valence-electron chi connectivity index (χ2n) is 6.44. The summed E-state index contributed by atoms with van der Waals surface area (Å²) in [7, 11) is 1.84. The van der Waals surface area contributed by atoms with Crippen LogP contribution in [0.2, 0.25) is 0 Å². The molecule has 24 heavy (non-hydrogen) atoms. The molecule has 2 heterocycles. The number of fused-ring (bicyclic) bond motifs is 1. The molecule has 0 bridgehead atoms. The van der Waals surface area contributed by atoms with Crippen molar-refractivity contribution in [3.05, 3.63) is 23.8 Å². The maximum absolute atomic E-state index is 12.7. The van der Waals surface area contributed by atoms with Crippen LogP contribution in [0.15, 0.2) is 18.2 Å². The first kappa shape index (κ1) is 16.3. The van der Waals surface area contributed by atoms with E-state index in [2.05, 4.69) is 5.32 Å². The van der Waals surface area contributed by atoms with E-state index in [1.54, 1.807) is 17.0 Å². The third-order valence-corrected chi connectivity index (χ3v) is 4.90. The summed E-state index contributed by atoms with van der Waals surface area (Å²) in [6.07, 6.45) is 1.28. The van der Waals surface area contributed by atoms with E-state index in [-0.39, 0.29) is 24.4 Å². The number of carbonyl (C=O) groups excluding carboxylic acids is 2. The van der Waals surface area contributed by atoms with Gasteiger partial charge in [-0.25, -0.2) is 0 Å². The van der Waals surface area contributed by atoms with Crippen LogP contribution >= 0.6 is 0 Å². The van der Waals surface area contributed by atoms with Crippen LogP contribution in [0, 0.1) is 5.92 Å². The summed E-state index contributed by atoms with van der Waals surface area (Å²) in [5, 5.41) is 12.0. The van der Waals surface area contributed by atoms with E-state index >= 15 is 0 Å². The molecule has 0 spiro atoms. The number of carboxylic acid groups (broad SMARTS) is 1. The van der Waals surface area contributed by atoms with E-state index < -0.39 is 11.9 Å². The van der Waals surface area contributed by atoms with Gasteiger partial charge < -0.3 is 20.2 Å². The molecule has 1 aromatic rings. The molecule has 0 aromatic heterocycles. The molecule has 2 atom stereocenters. The number of nitrogens with zero attached hydrogens (tertiary/aromatic N) is 2. The highest BCUT2D eigenvalue weighted by molar-refractivity contribution is 6.05. The van der Waals surface area contributed by atoms with Gasteiger partial charge in [-0.1, -0.05) is 0 Å². The van der Waals surface area contributed by atoms with E-state index in [0.29, 0.717) is 30.6 Å². The van der Waals surface area contributed by atoms with Gasteiger partial charge >= 0.3 is 5.97 Å². The highest BCUT2D eigenvalue weighted by Crippen LogP contribution is 2.32. The van der Waals surface area contributed by atoms with Crippen LogP contribution in [0.5, 0.6) is 0 Å². The fourth-order valence-electron chi connectivity index (χ4n) is 3.24. The fraction of sp³-hybridized carbons (Fsp3) is 0.471. The van der Waals surface area contributed by atoms with Gasteiger partial charge in [-0.15, -0.1) is 0 Å². The van der Waals surface area contributed by atoms with Gasteiger partial charge in [0.2, 0.25) is 5.91 Å². The first-order valence-corrected chi connectivity index (χ1v) is 8.08. The molecule has 1 fully saturated rings. The SMILES string of the molecule is CC1C(=O)Nc2cc(C(=O)N3CCCC(C(=O)O)C3)ccc2N1C. The molecule has 1 aromatic carbocycles. The van der Waals surface area contributed by atoms with Crippen molar-refractivity contribution in [2.45, 2.75) is 25.8 Å². The maximum atomic E-state index is 12.7. The van der Waals surface area contributed by atoms with Gasteiger partial charge in [-0.05, 0) is 38.0 Å². The molecule has 2 N–H and O–H groups in total. The Hall–Kier alpha value is -2.57. The van der Waals surface area contributed by atoms with Crippen molar-refractivity contribution in [3.8, 4) is 0 Å². The molecule has 2 amide bonds. The zero-order valence-electron chi connectivity index (χ0n) is 13.8. The average molecular weight is 331 g/mol. The molecule has 7 heteroatoms. The van der Waals surface area contributed by atoms with Gasteiger partial charge in [0, 0.05) is 25.7 Å². The lowest BCUT2D eigenvalue weighted by Crippen LogP contribution is -2.44. The Kier molecular flexibility index (Phi) is 4.17. The van der Waals surface area contributed by atoms with Crippen molar-refractivity contribution in [1.29, 1.82) is 0 Å². The summed E-state index contributed by atoms with van der Waals surface area (Å²) < 4.78 is 0. The van der Waals surface area contributed by atoms with Gasteiger partial charge in [0.25, 0.3) is 5.91 Å². The van der Waals surface area contributed by atoms with Crippen LogP contribution in [0.4, 0.5) is 11.4 Å². The minimum atomic E-state index is -0.860. The lowest BCUT2D eigenvalue weighted by atomic mass is 9.97. The van der Waals surface area contributed by atoms with Crippen LogP contribution < -0.4 is 10.2 Å². The molecular weight excluding hydrogens is 310 g/mol. The monoisotopic (exact) mass is 331 g/mol. The first-order valence-electron chi connectivity index (χ1n) is 8.08. The fourth-order valence-corrected chi connectivity index (χ4v) is 3.24. The number of carbonyl (C=O) groups is 3. The number of carboxylic acids is 1. The third kappa shape index (κ3) is 2.81. The van der Waals surface area contributed by atoms with Gasteiger partial charge in [-0.3, -0.25) is 14.4 Å². The van der Waals surface area contributed by atoms with Crippen molar-refractivity contribution >= 4 is 29.2 Å². The number of hydrogen-bond acceptors (Lipinski definition) is 4. The Balaban J connectivity index is 1.83. The zero-order valence-corrected chi connectivity index (χ0v) is 13.8. The van der Waals surface area contributed by atoms with Crippen molar-refractivity contribution < 1.29 is 19.5 Å². The Morgan fingerprint density at radius 3 is 2.79 bits per heavy atom. The summed E-state index contributed by atoms with van der Waals surface area (Å²) in [4.78, 5) is 39.3. The molecule has 2 aliphatic heterocycles. The highest BCUT2D eigenvalue weighted by atomic mass is 16.4. The Bertz CT molecular complexity index is 703. The van der Waals surface area contributed by atoms with Crippen molar-refractivity contribution in [2.24, 2.45) is 5.92 Å². The standard InChI is InChI=1S/C17H21N3O4/c1-10-15(21)18-13-8-11(5-6-14(13)19(10)2)16(22)20-7-3-4-12(9-20)17(23)24/h5-6,8,10,12H,3-4,7,9H2,1-2H3,(H,18,21)(H,23,24). The summed E-state index contributed by atoms with van der Waals surface area (Å²) in [6.45, 7) is 2.61. The predicted molar refractivity (Wildman–Crippen MR) is 89.2 cm³/mol. The average Bonchev–Trinajstić information content (AvgIpc) is 2.58. The molecule has 0 saturated carbocycles. The lowest BCUT2D eigenvalue weighted by Gasteiger charge is -2.34.